The van der Waals surface area contributed by atoms with Crippen molar-refractivity contribution in [3.8, 4) is 5.75 Å². The second kappa shape index (κ2) is 28.8. The molecule has 0 atom stereocenters. The van der Waals surface area contributed by atoms with Crippen molar-refractivity contribution >= 4 is 5.97 Å². The molecule has 0 spiro atoms. The Morgan fingerprint density at radius 2 is 0.975 bits per heavy atom. The van der Waals surface area contributed by atoms with Crippen molar-refractivity contribution in [2.24, 2.45) is 0 Å². The molecule has 0 aliphatic rings. The van der Waals surface area contributed by atoms with E-state index in [-0.39, 0.29) is 6.42 Å². The van der Waals surface area contributed by atoms with E-state index in [9.17, 15) is 4.79 Å². The molecule has 9 heteroatoms. The minimum Gasteiger partial charge on any atom is -0.491 e. The van der Waals surface area contributed by atoms with Crippen LogP contribution >= 0.6 is 0 Å². The maximum Gasteiger partial charge on any atom is 0.303 e. The number of hydrogen-bond acceptors (Lipinski definition) is 8. The lowest BCUT2D eigenvalue weighted by molar-refractivity contribution is -0.137. The number of aliphatic carboxylic acids is 1. The van der Waals surface area contributed by atoms with Crippen LogP contribution in [0.5, 0.6) is 5.75 Å². The molecule has 0 aromatic heterocycles. The van der Waals surface area contributed by atoms with Gasteiger partial charge in [0, 0.05) is 13.0 Å². The van der Waals surface area contributed by atoms with Crippen LogP contribution in [0.3, 0.4) is 0 Å². The molecular weight excluding hydrogens is 516 g/mol. The standard InChI is InChI=1S/C31H54O9/c1-2-3-4-5-6-7-8-10-29-12-14-30(15-13-29)40-28-27-39-26-25-38-24-23-37-22-21-36-20-19-35-18-17-34-16-9-11-31(32)33/h12-15H,2-11,16-28H2,1H3,(H,32,33). The van der Waals surface area contributed by atoms with Crippen molar-refractivity contribution in [2.45, 2.75) is 71.1 Å². The Morgan fingerprint density at radius 3 is 1.45 bits per heavy atom. The molecule has 1 rings (SSSR count). The summed E-state index contributed by atoms with van der Waals surface area (Å²) in [5, 5.41) is 8.52. The molecule has 0 radical (unpaired) electrons. The van der Waals surface area contributed by atoms with E-state index in [1.807, 2.05) is 12.1 Å². The van der Waals surface area contributed by atoms with Crippen LogP contribution in [0, 0.1) is 0 Å². The van der Waals surface area contributed by atoms with E-state index in [4.69, 9.17) is 38.3 Å². The van der Waals surface area contributed by atoms with Gasteiger partial charge in [-0.3, -0.25) is 4.79 Å². The van der Waals surface area contributed by atoms with Crippen LogP contribution in [-0.4, -0.2) is 97.0 Å². The third-order valence-electron chi connectivity index (χ3n) is 6.03. The Bertz CT molecular complexity index is 669. The minimum atomic E-state index is -0.804. The zero-order valence-electron chi connectivity index (χ0n) is 24.8. The Hall–Kier alpha value is -1.75. The fraction of sp³-hybridized carbons (Fsp3) is 0.774. The first-order chi connectivity index (χ1) is 19.7. The van der Waals surface area contributed by atoms with Crippen LogP contribution in [0.4, 0.5) is 0 Å². The van der Waals surface area contributed by atoms with Gasteiger partial charge in [-0.25, -0.2) is 0 Å². The highest BCUT2D eigenvalue weighted by atomic mass is 16.6. The molecule has 40 heavy (non-hydrogen) atoms. The fourth-order valence-corrected chi connectivity index (χ4v) is 3.78. The highest BCUT2D eigenvalue weighted by molar-refractivity contribution is 5.66. The molecule has 0 aliphatic carbocycles. The zero-order chi connectivity index (χ0) is 28.8. The molecule has 0 amide bonds. The van der Waals surface area contributed by atoms with E-state index < -0.39 is 5.97 Å². The van der Waals surface area contributed by atoms with E-state index in [1.165, 1.54) is 50.5 Å². The lowest BCUT2D eigenvalue weighted by Crippen LogP contribution is -2.15. The summed E-state index contributed by atoms with van der Waals surface area (Å²) in [7, 11) is 0. The summed E-state index contributed by atoms with van der Waals surface area (Å²) in [6, 6.07) is 8.43. The van der Waals surface area contributed by atoms with E-state index in [2.05, 4.69) is 19.1 Å². The summed E-state index contributed by atoms with van der Waals surface area (Å²) in [6.07, 6.45) is 11.2. The number of benzene rings is 1. The number of ether oxygens (including phenoxy) is 7. The average molecular weight is 571 g/mol. The molecule has 1 aromatic rings. The monoisotopic (exact) mass is 570 g/mol. The van der Waals surface area contributed by atoms with E-state index >= 15 is 0 Å². The molecule has 1 N–H and O–H groups in total. The van der Waals surface area contributed by atoms with Gasteiger partial charge in [0.05, 0.1) is 72.7 Å². The quantitative estimate of drug-likeness (QED) is 0.119. The molecule has 232 valence electrons. The lowest BCUT2D eigenvalue weighted by Gasteiger charge is -2.09. The van der Waals surface area contributed by atoms with Gasteiger partial charge in [0.25, 0.3) is 0 Å². The Kier molecular flexibility index (Phi) is 26.1. The van der Waals surface area contributed by atoms with Gasteiger partial charge >= 0.3 is 5.97 Å². The molecule has 0 aliphatic heterocycles. The van der Waals surface area contributed by atoms with Crippen molar-refractivity contribution in [1.29, 1.82) is 0 Å². The topological polar surface area (TPSA) is 102 Å². The number of carbonyl (C=O) groups is 1. The van der Waals surface area contributed by atoms with Crippen LogP contribution in [0.2, 0.25) is 0 Å². The van der Waals surface area contributed by atoms with Gasteiger partial charge in [-0.2, -0.15) is 0 Å². The zero-order valence-corrected chi connectivity index (χ0v) is 24.8. The average Bonchev–Trinajstić information content (AvgIpc) is 2.96. The lowest BCUT2D eigenvalue weighted by atomic mass is 10.0. The maximum absolute atomic E-state index is 10.4. The van der Waals surface area contributed by atoms with E-state index in [0.717, 1.165) is 12.2 Å². The van der Waals surface area contributed by atoms with Crippen molar-refractivity contribution in [2.75, 3.05) is 85.9 Å². The molecule has 0 fully saturated rings. The fourth-order valence-electron chi connectivity index (χ4n) is 3.78. The highest BCUT2D eigenvalue weighted by Crippen LogP contribution is 2.15. The van der Waals surface area contributed by atoms with Gasteiger partial charge in [-0.05, 0) is 37.0 Å². The largest absolute Gasteiger partial charge is 0.491 e. The summed E-state index contributed by atoms with van der Waals surface area (Å²) < 4.78 is 38.4. The van der Waals surface area contributed by atoms with Crippen LogP contribution in [0.25, 0.3) is 0 Å². The summed E-state index contributed by atoms with van der Waals surface area (Å²) in [5.74, 6) is 0.0783. The molecule has 0 saturated heterocycles. The smallest absolute Gasteiger partial charge is 0.303 e. The molecule has 9 nitrogen and oxygen atoms in total. The third-order valence-corrected chi connectivity index (χ3v) is 6.03. The first-order valence-corrected chi connectivity index (χ1v) is 15.1. The summed E-state index contributed by atoms with van der Waals surface area (Å²) in [4.78, 5) is 10.4. The number of carboxylic acids is 1. The van der Waals surface area contributed by atoms with Crippen molar-refractivity contribution in [1.82, 2.24) is 0 Å². The Balaban J connectivity index is 1.77. The predicted molar refractivity (Wildman–Crippen MR) is 155 cm³/mol. The molecule has 0 bridgehead atoms. The molecule has 1 aromatic carbocycles. The summed E-state index contributed by atoms with van der Waals surface area (Å²) in [6.45, 7) is 8.71. The highest BCUT2D eigenvalue weighted by Gasteiger charge is 1.99. The van der Waals surface area contributed by atoms with Gasteiger partial charge < -0.3 is 38.3 Å². The van der Waals surface area contributed by atoms with Crippen LogP contribution in [0.1, 0.15) is 70.3 Å². The minimum absolute atomic E-state index is 0.128. The maximum atomic E-state index is 10.4. The summed E-state index contributed by atoms with van der Waals surface area (Å²) >= 11 is 0. The van der Waals surface area contributed by atoms with Gasteiger partial charge in [-0.15, -0.1) is 0 Å². The van der Waals surface area contributed by atoms with Gasteiger partial charge in [0.1, 0.15) is 12.4 Å². The van der Waals surface area contributed by atoms with Crippen molar-refractivity contribution in [3.05, 3.63) is 29.8 Å². The van der Waals surface area contributed by atoms with Gasteiger partial charge in [0.15, 0.2) is 0 Å². The predicted octanol–water partition coefficient (Wildman–Crippen LogP) is 5.32. The first kappa shape index (κ1) is 36.3. The third kappa shape index (κ3) is 25.2. The number of rotatable bonds is 31. The molecule has 0 heterocycles. The van der Waals surface area contributed by atoms with Crippen LogP contribution in [-0.2, 0) is 39.6 Å². The Labute approximate surface area is 241 Å². The number of hydrogen-bond donors (Lipinski definition) is 1. The van der Waals surface area contributed by atoms with Gasteiger partial charge in [0.2, 0.25) is 0 Å². The second-order valence-electron chi connectivity index (χ2n) is 9.54. The number of carboxylic acid groups (broad SMARTS) is 1. The first-order valence-electron chi connectivity index (χ1n) is 15.1. The normalized spacial score (nSPS) is 11.2. The van der Waals surface area contributed by atoms with Crippen molar-refractivity contribution < 1.29 is 43.1 Å². The van der Waals surface area contributed by atoms with Gasteiger partial charge in [-0.1, -0.05) is 57.6 Å². The second-order valence-corrected chi connectivity index (χ2v) is 9.54. The number of aryl methyl sites for hydroxylation is 1. The number of unbranched alkanes of at least 4 members (excludes halogenated alkanes) is 6. The molecule has 0 saturated carbocycles. The van der Waals surface area contributed by atoms with Crippen LogP contribution < -0.4 is 4.74 Å². The van der Waals surface area contributed by atoms with Crippen molar-refractivity contribution in [3.63, 3.8) is 0 Å². The SMILES string of the molecule is CCCCCCCCCc1ccc(OCCOCCOCCOCCOCCOCCOCCCC(=O)O)cc1. The Morgan fingerprint density at radius 1 is 0.550 bits per heavy atom. The van der Waals surface area contributed by atoms with E-state index in [0.29, 0.717) is 92.3 Å². The summed E-state index contributed by atoms with van der Waals surface area (Å²) in [5.41, 5.74) is 1.38. The van der Waals surface area contributed by atoms with E-state index in [1.54, 1.807) is 0 Å². The molecular formula is C31H54O9. The van der Waals surface area contributed by atoms with Crippen LogP contribution in [0.15, 0.2) is 24.3 Å². The molecule has 0 unspecified atom stereocenters.